The van der Waals surface area contributed by atoms with Crippen LogP contribution in [-0.2, 0) is 9.53 Å². The molecule has 2 N–H and O–H groups in total. The van der Waals surface area contributed by atoms with Gasteiger partial charge in [-0.05, 0) is 38.0 Å². The van der Waals surface area contributed by atoms with E-state index in [1.54, 1.807) is 0 Å². The third-order valence-electron chi connectivity index (χ3n) is 4.45. The van der Waals surface area contributed by atoms with Gasteiger partial charge in [-0.1, -0.05) is 26.7 Å². The fraction of sp³-hybridized carbons (Fsp3) is 0.933. The van der Waals surface area contributed by atoms with Crippen LogP contribution < -0.4 is 5.32 Å². The Morgan fingerprint density at radius 1 is 1.42 bits per heavy atom. The molecule has 0 aromatic carbocycles. The standard InChI is InChI=1S/C15H27NO3/c1-11(2)9-13(14(17)18)16-12-5-8-19-15(10-12)6-3-4-7-15/h11-13,16H,3-10H2,1-2H3,(H,17,18). The second kappa shape index (κ2) is 6.23. The normalized spacial score (nSPS) is 27.8. The SMILES string of the molecule is CC(C)CC(NC1CCOC2(CCCC2)C1)C(=O)O. The Hall–Kier alpha value is -0.610. The molecular weight excluding hydrogens is 242 g/mol. The first kappa shape index (κ1) is 14.8. The van der Waals surface area contributed by atoms with Crippen molar-refractivity contribution >= 4 is 5.97 Å². The van der Waals surface area contributed by atoms with Crippen LogP contribution in [0.5, 0.6) is 0 Å². The molecule has 4 heteroatoms. The summed E-state index contributed by atoms with van der Waals surface area (Å²) < 4.78 is 5.99. The van der Waals surface area contributed by atoms with E-state index in [1.807, 2.05) is 0 Å². The highest BCUT2D eigenvalue weighted by molar-refractivity contribution is 5.73. The lowest BCUT2D eigenvalue weighted by atomic mass is 9.88. The fourth-order valence-corrected chi connectivity index (χ4v) is 3.53. The van der Waals surface area contributed by atoms with Crippen LogP contribution in [0.1, 0.15) is 58.8 Å². The number of ether oxygens (including phenoxy) is 1. The first-order valence-electron chi connectivity index (χ1n) is 7.63. The highest BCUT2D eigenvalue weighted by Crippen LogP contribution is 2.40. The van der Waals surface area contributed by atoms with E-state index in [4.69, 9.17) is 4.74 Å². The van der Waals surface area contributed by atoms with Gasteiger partial charge in [0.25, 0.3) is 0 Å². The first-order chi connectivity index (χ1) is 9.01. The van der Waals surface area contributed by atoms with E-state index in [9.17, 15) is 9.90 Å². The summed E-state index contributed by atoms with van der Waals surface area (Å²) in [4.78, 5) is 11.3. The van der Waals surface area contributed by atoms with Crippen LogP contribution in [0.25, 0.3) is 0 Å². The first-order valence-corrected chi connectivity index (χ1v) is 7.63. The molecule has 1 heterocycles. The van der Waals surface area contributed by atoms with Gasteiger partial charge in [-0.15, -0.1) is 0 Å². The third-order valence-corrected chi connectivity index (χ3v) is 4.45. The Morgan fingerprint density at radius 3 is 2.68 bits per heavy atom. The van der Waals surface area contributed by atoms with Crippen molar-refractivity contribution in [1.82, 2.24) is 5.32 Å². The molecule has 19 heavy (non-hydrogen) atoms. The van der Waals surface area contributed by atoms with Crippen LogP contribution in [0.4, 0.5) is 0 Å². The van der Waals surface area contributed by atoms with Crippen LogP contribution in [0.3, 0.4) is 0 Å². The van der Waals surface area contributed by atoms with Crippen molar-refractivity contribution in [3.8, 4) is 0 Å². The van der Waals surface area contributed by atoms with Crippen molar-refractivity contribution in [3.05, 3.63) is 0 Å². The summed E-state index contributed by atoms with van der Waals surface area (Å²) in [6.07, 6.45) is 7.40. The third kappa shape index (κ3) is 3.93. The van der Waals surface area contributed by atoms with Gasteiger partial charge < -0.3 is 15.2 Å². The number of rotatable bonds is 5. The molecule has 0 amide bonds. The monoisotopic (exact) mass is 269 g/mol. The van der Waals surface area contributed by atoms with Gasteiger partial charge in [0, 0.05) is 12.6 Å². The summed E-state index contributed by atoms with van der Waals surface area (Å²) in [6.45, 7) is 4.91. The quantitative estimate of drug-likeness (QED) is 0.805. The molecule has 2 unspecified atom stereocenters. The average molecular weight is 269 g/mol. The number of aliphatic carboxylic acids is 1. The predicted molar refractivity (Wildman–Crippen MR) is 74.2 cm³/mol. The predicted octanol–water partition coefficient (Wildman–Crippen LogP) is 2.57. The summed E-state index contributed by atoms with van der Waals surface area (Å²) in [7, 11) is 0. The molecule has 1 saturated carbocycles. The van der Waals surface area contributed by atoms with E-state index in [0.29, 0.717) is 18.4 Å². The van der Waals surface area contributed by atoms with Crippen LogP contribution in [0.15, 0.2) is 0 Å². The molecule has 0 bridgehead atoms. The summed E-state index contributed by atoms with van der Waals surface area (Å²) >= 11 is 0. The van der Waals surface area contributed by atoms with E-state index in [1.165, 1.54) is 12.8 Å². The van der Waals surface area contributed by atoms with E-state index in [-0.39, 0.29) is 5.60 Å². The van der Waals surface area contributed by atoms with Crippen molar-refractivity contribution in [2.45, 2.75) is 76.5 Å². The van der Waals surface area contributed by atoms with Gasteiger partial charge in [0.2, 0.25) is 0 Å². The zero-order valence-corrected chi connectivity index (χ0v) is 12.2. The molecule has 2 rings (SSSR count). The van der Waals surface area contributed by atoms with Crippen molar-refractivity contribution in [2.24, 2.45) is 5.92 Å². The van der Waals surface area contributed by atoms with E-state index >= 15 is 0 Å². The Kier molecular flexibility index (Phi) is 4.85. The summed E-state index contributed by atoms with van der Waals surface area (Å²) in [5, 5.41) is 12.7. The van der Waals surface area contributed by atoms with Gasteiger partial charge >= 0.3 is 5.97 Å². The van der Waals surface area contributed by atoms with Gasteiger partial charge in [0.05, 0.1) is 5.60 Å². The Labute approximate surface area is 115 Å². The molecule has 1 saturated heterocycles. The molecule has 2 aliphatic rings. The Balaban J connectivity index is 1.91. The van der Waals surface area contributed by atoms with Gasteiger partial charge in [0.15, 0.2) is 0 Å². The van der Waals surface area contributed by atoms with E-state index < -0.39 is 12.0 Å². The topological polar surface area (TPSA) is 58.6 Å². The highest BCUT2D eigenvalue weighted by Gasteiger charge is 2.40. The summed E-state index contributed by atoms with van der Waals surface area (Å²) in [6, 6.07) is -0.117. The number of carboxylic acid groups (broad SMARTS) is 1. The van der Waals surface area contributed by atoms with Crippen LogP contribution in [0, 0.1) is 5.92 Å². The molecule has 4 nitrogen and oxygen atoms in total. The molecule has 0 aromatic rings. The zero-order chi connectivity index (χ0) is 13.9. The minimum Gasteiger partial charge on any atom is -0.480 e. The van der Waals surface area contributed by atoms with Gasteiger partial charge in [0.1, 0.15) is 6.04 Å². The number of hydrogen-bond acceptors (Lipinski definition) is 3. The molecule has 110 valence electrons. The van der Waals surface area contributed by atoms with Crippen molar-refractivity contribution in [3.63, 3.8) is 0 Å². The molecule has 0 radical (unpaired) electrons. The highest BCUT2D eigenvalue weighted by atomic mass is 16.5. The molecule has 1 aliphatic heterocycles. The second-order valence-electron chi connectivity index (χ2n) is 6.62. The van der Waals surface area contributed by atoms with Gasteiger partial charge in [-0.3, -0.25) is 4.79 Å². The van der Waals surface area contributed by atoms with Crippen LogP contribution in [-0.4, -0.2) is 35.4 Å². The maximum absolute atomic E-state index is 11.3. The summed E-state index contributed by atoms with van der Waals surface area (Å²) in [5.41, 5.74) is 0.0524. The number of carbonyl (C=O) groups is 1. The van der Waals surface area contributed by atoms with E-state index in [0.717, 1.165) is 32.3 Å². The molecule has 1 spiro atoms. The van der Waals surface area contributed by atoms with E-state index in [2.05, 4.69) is 19.2 Å². The maximum Gasteiger partial charge on any atom is 0.320 e. The number of carboxylic acids is 1. The minimum atomic E-state index is -0.722. The molecule has 1 aliphatic carbocycles. The molecule has 0 aromatic heterocycles. The average Bonchev–Trinajstić information content (AvgIpc) is 2.76. The largest absolute Gasteiger partial charge is 0.480 e. The van der Waals surface area contributed by atoms with Crippen LogP contribution in [0.2, 0.25) is 0 Å². The Morgan fingerprint density at radius 2 is 2.11 bits per heavy atom. The van der Waals surface area contributed by atoms with Gasteiger partial charge in [-0.25, -0.2) is 0 Å². The van der Waals surface area contributed by atoms with Gasteiger partial charge in [-0.2, -0.15) is 0 Å². The second-order valence-corrected chi connectivity index (χ2v) is 6.62. The lowest BCUT2D eigenvalue weighted by Crippen LogP contribution is -2.51. The Bertz CT molecular complexity index is 311. The smallest absolute Gasteiger partial charge is 0.320 e. The minimum absolute atomic E-state index is 0.0524. The molecule has 2 fully saturated rings. The number of hydrogen-bond donors (Lipinski definition) is 2. The van der Waals surface area contributed by atoms with Crippen molar-refractivity contribution in [1.29, 1.82) is 0 Å². The molecular formula is C15H27NO3. The van der Waals surface area contributed by atoms with Crippen LogP contribution >= 0.6 is 0 Å². The zero-order valence-electron chi connectivity index (χ0n) is 12.2. The van der Waals surface area contributed by atoms with Crippen molar-refractivity contribution in [2.75, 3.05) is 6.61 Å². The molecule has 2 atom stereocenters. The fourth-order valence-electron chi connectivity index (χ4n) is 3.53. The lowest BCUT2D eigenvalue weighted by molar-refractivity contribution is -0.141. The maximum atomic E-state index is 11.3. The van der Waals surface area contributed by atoms with Crippen molar-refractivity contribution < 1.29 is 14.6 Å². The summed E-state index contributed by atoms with van der Waals surface area (Å²) in [5.74, 6) is -0.324. The number of nitrogens with one attached hydrogen (secondary N) is 1. The lowest BCUT2D eigenvalue weighted by Gasteiger charge is -2.39.